The lowest BCUT2D eigenvalue weighted by Crippen LogP contribution is -2.70. The quantitative estimate of drug-likeness (QED) is 0.0376. The third kappa shape index (κ3) is 21.5. The summed E-state index contributed by atoms with van der Waals surface area (Å²) in [6, 6.07) is -3.52. The first-order chi connectivity index (χ1) is 34.2. The highest BCUT2D eigenvalue weighted by Gasteiger charge is 2.55. The van der Waals surface area contributed by atoms with Crippen LogP contribution in [0.1, 0.15) is 113 Å². The van der Waals surface area contributed by atoms with Crippen LogP contribution in [0.3, 0.4) is 0 Å². The van der Waals surface area contributed by atoms with E-state index in [9.17, 15) is 69.4 Å². The average Bonchev–Trinajstić information content (AvgIpc) is 3.29. The molecule has 24 nitrogen and oxygen atoms in total. The summed E-state index contributed by atoms with van der Waals surface area (Å²) in [5.74, 6) is -1.63. The number of nitrogens with one attached hydrogen (secondary N) is 2. The van der Waals surface area contributed by atoms with E-state index in [1.807, 2.05) is 6.92 Å². The first-order valence-corrected chi connectivity index (χ1v) is 27.6. The topological polar surface area (TPSA) is 368 Å². The normalized spacial score (nSPS) is 33.6. The summed E-state index contributed by atoms with van der Waals surface area (Å²) < 4.78 is 69.1. The van der Waals surface area contributed by atoms with Gasteiger partial charge in [-0.2, -0.15) is 4.31 Å². The standard InChI is InChI=1S/C47H82N2O22P2/c1-26(2)13-9-14-27(3)15-10-16-28(4)17-11-18-29(5)19-12-20-30(6)21-22-64-72(60,61)71-73(62,63)70-46-37(49-32(8)54)40(57)43(35(25-52)67-46)68-45-36(48-31(7)53)39(56)44(34(24-51)66-45)69-47-42(59)41(58)38(55)33(23-50)65-47/h13,15,17,19,30,33-47,50-52,55-59H,9-12,14,16,18,20-25H2,1-8H3,(H,48,53)(H,49,54)(H,60,61)(H,62,63)/b27-15+,28-17+,29-19-/t30?,33-,34-,35-,36-,37-,38-,39-,40-,41+,42+,43-,44-,45+,46?,47+/m1/s1. The maximum atomic E-state index is 13.2. The number of hydrogen-bond donors (Lipinski definition) is 12. The summed E-state index contributed by atoms with van der Waals surface area (Å²) in [5.41, 5.74) is 5.33. The molecule has 3 aliphatic rings. The van der Waals surface area contributed by atoms with E-state index in [4.69, 9.17) is 32.7 Å². The van der Waals surface area contributed by atoms with Gasteiger partial charge in [-0.15, -0.1) is 0 Å². The Kier molecular flexibility index (Phi) is 27.7. The van der Waals surface area contributed by atoms with Gasteiger partial charge in [0.15, 0.2) is 18.9 Å². The summed E-state index contributed by atoms with van der Waals surface area (Å²) >= 11 is 0. The van der Waals surface area contributed by atoms with Crippen LogP contribution in [-0.2, 0) is 55.8 Å². The van der Waals surface area contributed by atoms with Crippen LogP contribution in [0, 0.1) is 5.92 Å². The lowest BCUT2D eigenvalue weighted by Gasteiger charge is -2.49. The van der Waals surface area contributed by atoms with E-state index in [1.54, 1.807) is 0 Å². The van der Waals surface area contributed by atoms with Gasteiger partial charge in [0.1, 0.15) is 73.1 Å². The van der Waals surface area contributed by atoms with E-state index in [1.165, 1.54) is 22.3 Å². The van der Waals surface area contributed by atoms with Gasteiger partial charge in [0.25, 0.3) is 0 Å². The van der Waals surface area contributed by atoms with Crippen molar-refractivity contribution in [3.05, 3.63) is 46.6 Å². The van der Waals surface area contributed by atoms with Gasteiger partial charge in [0, 0.05) is 13.8 Å². The lowest BCUT2D eigenvalue weighted by atomic mass is 9.94. The van der Waals surface area contributed by atoms with E-state index in [0.29, 0.717) is 0 Å². The second-order valence-corrected chi connectivity index (χ2v) is 22.3. The van der Waals surface area contributed by atoms with Crippen LogP contribution < -0.4 is 10.6 Å². The molecular formula is C47H82N2O22P2. The molecule has 0 aromatic carbocycles. The zero-order valence-electron chi connectivity index (χ0n) is 43.0. The van der Waals surface area contributed by atoms with Gasteiger partial charge in [-0.1, -0.05) is 53.5 Å². The molecule has 4 unspecified atom stereocenters. The Bertz CT molecular complexity index is 1950. The molecule has 0 aromatic heterocycles. The predicted octanol–water partition coefficient (Wildman–Crippen LogP) is 1.93. The summed E-state index contributed by atoms with van der Waals surface area (Å²) in [4.78, 5) is 45.8. The number of allylic oxidation sites excluding steroid dienone is 8. The Balaban J connectivity index is 1.59. The molecule has 3 heterocycles. The fraction of sp³-hybridized carbons (Fsp3) is 0.787. The molecule has 26 heteroatoms. The molecule has 3 aliphatic heterocycles. The summed E-state index contributed by atoms with van der Waals surface area (Å²) in [5, 5.41) is 89.0. The Morgan fingerprint density at radius 2 is 1.00 bits per heavy atom. The van der Waals surface area contributed by atoms with E-state index >= 15 is 0 Å². The number of aliphatic hydroxyl groups is 8. The summed E-state index contributed by atoms with van der Waals surface area (Å²) in [7, 11) is -11.0. The highest BCUT2D eigenvalue weighted by Crippen LogP contribution is 2.61. The lowest BCUT2D eigenvalue weighted by molar-refractivity contribution is -0.360. The molecule has 0 aromatic rings. The number of amides is 2. The number of rotatable bonds is 29. The Hall–Kier alpha value is -2.36. The molecule has 0 spiro atoms. The molecule has 3 rings (SSSR count). The molecule has 0 saturated carbocycles. The zero-order chi connectivity index (χ0) is 54.8. The minimum absolute atomic E-state index is 0.0135. The molecule has 3 fully saturated rings. The van der Waals surface area contributed by atoms with Gasteiger partial charge in [0.05, 0.1) is 26.4 Å². The summed E-state index contributed by atoms with van der Waals surface area (Å²) in [6.07, 6.45) is -6.95. The van der Waals surface area contributed by atoms with Crippen molar-refractivity contribution in [1.82, 2.24) is 10.6 Å². The molecule has 0 radical (unpaired) electrons. The van der Waals surface area contributed by atoms with Crippen LogP contribution in [0.2, 0.25) is 0 Å². The molecule has 73 heavy (non-hydrogen) atoms. The third-order valence-corrected chi connectivity index (χ3v) is 15.1. The molecule has 12 N–H and O–H groups in total. The maximum Gasteiger partial charge on any atom is 0.483 e. The van der Waals surface area contributed by atoms with Gasteiger partial charge < -0.3 is 85.0 Å². The minimum Gasteiger partial charge on any atom is -0.394 e. The number of ether oxygens (including phenoxy) is 5. The first kappa shape index (κ1) is 64.9. The van der Waals surface area contributed by atoms with Crippen molar-refractivity contribution in [1.29, 1.82) is 0 Å². The number of phosphoric acid groups is 2. The van der Waals surface area contributed by atoms with Crippen LogP contribution in [0.15, 0.2) is 46.6 Å². The highest BCUT2D eigenvalue weighted by atomic mass is 31.3. The maximum absolute atomic E-state index is 13.2. The molecule has 0 aliphatic carbocycles. The molecule has 422 valence electrons. The van der Waals surface area contributed by atoms with E-state index < -0.39 is 139 Å². The van der Waals surface area contributed by atoms with Crippen molar-refractivity contribution in [2.24, 2.45) is 5.92 Å². The largest absolute Gasteiger partial charge is 0.483 e. The highest BCUT2D eigenvalue weighted by molar-refractivity contribution is 7.61. The van der Waals surface area contributed by atoms with Crippen molar-refractivity contribution in [3.63, 3.8) is 0 Å². The minimum atomic E-state index is -5.68. The van der Waals surface area contributed by atoms with Crippen molar-refractivity contribution < 1.29 is 106 Å². The van der Waals surface area contributed by atoms with Crippen molar-refractivity contribution in [3.8, 4) is 0 Å². The Labute approximate surface area is 427 Å². The van der Waals surface area contributed by atoms with E-state index in [0.717, 1.165) is 65.2 Å². The van der Waals surface area contributed by atoms with Crippen LogP contribution >= 0.6 is 15.6 Å². The number of hydrogen-bond acceptors (Lipinski definition) is 20. The van der Waals surface area contributed by atoms with E-state index in [-0.39, 0.29) is 18.9 Å². The monoisotopic (exact) mass is 1090 g/mol. The second kappa shape index (κ2) is 31.1. The van der Waals surface area contributed by atoms with Crippen LogP contribution in [0.5, 0.6) is 0 Å². The third-order valence-electron chi connectivity index (χ3n) is 12.5. The molecular weight excluding hydrogens is 1010 g/mol. The Morgan fingerprint density at radius 3 is 1.48 bits per heavy atom. The number of carbonyl (C=O) groups is 2. The number of carbonyl (C=O) groups excluding carboxylic acids is 2. The van der Waals surface area contributed by atoms with Crippen LogP contribution in [0.25, 0.3) is 0 Å². The fourth-order valence-electron chi connectivity index (χ4n) is 8.36. The number of aliphatic hydroxyl groups excluding tert-OH is 8. The van der Waals surface area contributed by atoms with Gasteiger partial charge >= 0.3 is 15.6 Å². The molecule has 3 saturated heterocycles. The average molecular weight is 1090 g/mol. The Morgan fingerprint density at radius 1 is 0.562 bits per heavy atom. The van der Waals surface area contributed by atoms with Crippen molar-refractivity contribution in [2.45, 2.75) is 205 Å². The fourth-order valence-corrected chi connectivity index (χ4v) is 10.5. The number of phosphoric ester groups is 2. The molecule has 0 bridgehead atoms. The smallest absolute Gasteiger partial charge is 0.394 e. The van der Waals surface area contributed by atoms with Gasteiger partial charge in [-0.25, -0.2) is 9.13 Å². The van der Waals surface area contributed by atoms with Crippen LogP contribution in [-0.4, -0.2) is 181 Å². The SMILES string of the molecule is CC(=O)N[C@H]1[C@H](O[C@H]2[C@H](O)[C@@H](NC(C)=O)C(OP(=O)(O)OP(=O)(O)OCCC(C)CC/C=C(/C)CC/C=C(\C)CC/C=C(\C)CCC=C(C)C)O[C@@H]2CO)O[C@H](CO)[C@@H](O[C@@H]2O[C@H](CO)[C@@H](O)[C@H](O)[C@@H]2O)[C@@H]1O. The van der Waals surface area contributed by atoms with Crippen LogP contribution in [0.4, 0.5) is 0 Å². The second-order valence-electron chi connectivity index (χ2n) is 19.3. The molecule has 2 amide bonds. The van der Waals surface area contributed by atoms with Gasteiger partial charge in [-0.05, 0) is 98.3 Å². The van der Waals surface area contributed by atoms with E-state index in [2.05, 4.69) is 73.9 Å². The summed E-state index contributed by atoms with van der Waals surface area (Å²) in [6.45, 7) is 11.4. The molecule has 18 atom stereocenters. The van der Waals surface area contributed by atoms with Gasteiger partial charge in [0.2, 0.25) is 11.8 Å². The van der Waals surface area contributed by atoms with Crippen molar-refractivity contribution >= 4 is 27.5 Å². The van der Waals surface area contributed by atoms with Crippen molar-refractivity contribution in [2.75, 3.05) is 26.4 Å². The zero-order valence-corrected chi connectivity index (χ0v) is 44.8. The first-order valence-electron chi connectivity index (χ1n) is 24.6. The predicted molar refractivity (Wildman–Crippen MR) is 261 cm³/mol. The van der Waals surface area contributed by atoms with Gasteiger partial charge in [-0.3, -0.25) is 18.6 Å².